The lowest BCUT2D eigenvalue weighted by molar-refractivity contribution is -0.105. The maximum Gasteiger partial charge on any atom is 0.145 e. The first-order valence-electron chi connectivity index (χ1n) is 4.07. The smallest absolute Gasteiger partial charge is 0.145 e. The van der Waals surface area contributed by atoms with Crippen molar-refractivity contribution in [3.05, 3.63) is 12.2 Å². The maximum absolute atomic E-state index is 10.2. The van der Waals surface area contributed by atoms with Crippen LogP contribution in [0.1, 0.15) is 25.7 Å². The van der Waals surface area contributed by atoms with Gasteiger partial charge < -0.3 is 4.74 Å². The highest BCUT2D eigenvalue weighted by Crippen LogP contribution is 2.17. The Bertz CT molecular complexity index is 146. The van der Waals surface area contributed by atoms with E-state index < -0.39 is 0 Å². The second kappa shape index (κ2) is 4.29. The molecule has 0 amide bonds. The molecule has 1 aliphatic heterocycles. The van der Waals surface area contributed by atoms with Crippen molar-refractivity contribution in [2.75, 3.05) is 6.61 Å². The first kappa shape index (κ1) is 8.47. The van der Waals surface area contributed by atoms with Gasteiger partial charge in [-0.3, -0.25) is 4.79 Å². The van der Waals surface area contributed by atoms with Crippen LogP contribution in [0, 0.1) is 0 Å². The fraction of sp³-hybridized carbons (Fsp3) is 0.667. The van der Waals surface area contributed by atoms with Crippen LogP contribution in [0.2, 0.25) is 0 Å². The lowest BCUT2D eigenvalue weighted by Gasteiger charge is -2.21. The number of hydrogen-bond acceptors (Lipinski definition) is 2. The van der Waals surface area contributed by atoms with Crippen LogP contribution in [-0.2, 0) is 9.53 Å². The van der Waals surface area contributed by atoms with Gasteiger partial charge in [0.25, 0.3) is 0 Å². The van der Waals surface area contributed by atoms with E-state index in [1.54, 1.807) is 0 Å². The van der Waals surface area contributed by atoms with Crippen molar-refractivity contribution in [2.24, 2.45) is 0 Å². The van der Waals surface area contributed by atoms with Crippen molar-refractivity contribution in [3.63, 3.8) is 0 Å². The van der Waals surface area contributed by atoms with Gasteiger partial charge in [-0.25, -0.2) is 0 Å². The molecule has 1 fully saturated rings. The highest BCUT2D eigenvalue weighted by Gasteiger charge is 2.13. The average molecular weight is 154 g/mol. The van der Waals surface area contributed by atoms with Crippen LogP contribution < -0.4 is 0 Å². The van der Waals surface area contributed by atoms with Crippen LogP contribution in [0.15, 0.2) is 12.2 Å². The lowest BCUT2D eigenvalue weighted by atomic mass is 10.0. The summed E-state index contributed by atoms with van der Waals surface area (Å²) in [6.45, 7) is 4.46. The molecule has 0 spiro atoms. The summed E-state index contributed by atoms with van der Waals surface area (Å²) >= 11 is 0. The molecule has 0 aromatic carbocycles. The Morgan fingerprint density at radius 1 is 1.64 bits per heavy atom. The number of aldehydes is 1. The molecule has 1 unspecified atom stereocenters. The molecule has 62 valence electrons. The minimum absolute atomic E-state index is 0.251. The summed E-state index contributed by atoms with van der Waals surface area (Å²) in [4.78, 5) is 10.2. The summed E-state index contributed by atoms with van der Waals surface area (Å²) < 4.78 is 5.43. The van der Waals surface area contributed by atoms with Crippen LogP contribution in [0.5, 0.6) is 0 Å². The van der Waals surface area contributed by atoms with Gasteiger partial charge in [0.2, 0.25) is 0 Å². The molecular weight excluding hydrogens is 140 g/mol. The summed E-state index contributed by atoms with van der Waals surface area (Å²) in [5.74, 6) is 0. The summed E-state index contributed by atoms with van der Waals surface area (Å²) in [5, 5.41) is 0. The molecular formula is C9H14O2. The minimum Gasteiger partial charge on any atom is -0.378 e. The highest BCUT2D eigenvalue weighted by atomic mass is 16.5. The fourth-order valence-corrected chi connectivity index (χ4v) is 1.31. The van der Waals surface area contributed by atoms with E-state index in [4.69, 9.17) is 4.74 Å². The maximum atomic E-state index is 10.2. The van der Waals surface area contributed by atoms with E-state index in [0.29, 0.717) is 12.0 Å². The Morgan fingerprint density at radius 2 is 2.45 bits per heavy atom. The number of ether oxygens (including phenoxy) is 1. The van der Waals surface area contributed by atoms with E-state index in [-0.39, 0.29) is 6.10 Å². The summed E-state index contributed by atoms with van der Waals surface area (Å²) in [7, 11) is 0. The van der Waals surface area contributed by atoms with Crippen molar-refractivity contribution in [1.29, 1.82) is 0 Å². The van der Waals surface area contributed by atoms with Crippen LogP contribution in [0.4, 0.5) is 0 Å². The molecule has 11 heavy (non-hydrogen) atoms. The largest absolute Gasteiger partial charge is 0.378 e. The van der Waals surface area contributed by atoms with Crippen molar-refractivity contribution in [3.8, 4) is 0 Å². The van der Waals surface area contributed by atoms with Gasteiger partial charge in [-0.05, 0) is 24.8 Å². The number of rotatable bonds is 3. The second-order valence-electron chi connectivity index (χ2n) is 2.97. The summed E-state index contributed by atoms with van der Waals surface area (Å²) in [5.41, 5.74) is 0.650. The Hall–Kier alpha value is -0.630. The van der Waals surface area contributed by atoms with Crippen molar-refractivity contribution in [2.45, 2.75) is 31.8 Å². The van der Waals surface area contributed by atoms with Gasteiger partial charge in [-0.1, -0.05) is 6.58 Å². The van der Waals surface area contributed by atoms with Crippen molar-refractivity contribution >= 4 is 6.29 Å². The van der Waals surface area contributed by atoms with E-state index in [1.165, 1.54) is 6.42 Å². The zero-order chi connectivity index (χ0) is 8.10. The van der Waals surface area contributed by atoms with Crippen molar-refractivity contribution < 1.29 is 9.53 Å². The molecule has 0 saturated carbocycles. The molecule has 0 N–H and O–H groups in total. The van der Waals surface area contributed by atoms with Gasteiger partial charge in [0.1, 0.15) is 6.29 Å². The predicted molar refractivity (Wildman–Crippen MR) is 43.4 cm³/mol. The first-order valence-corrected chi connectivity index (χ1v) is 4.07. The van der Waals surface area contributed by atoms with Crippen LogP contribution >= 0.6 is 0 Å². The molecule has 2 nitrogen and oxygen atoms in total. The zero-order valence-corrected chi connectivity index (χ0v) is 6.71. The van der Waals surface area contributed by atoms with E-state index in [1.807, 2.05) is 0 Å². The van der Waals surface area contributed by atoms with Crippen LogP contribution in [0.25, 0.3) is 0 Å². The third-order valence-corrected chi connectivity index (χ3v) is 1.93. The van der Waals surface area contributed by atoms with Gasteiger partial charge in [0.15, 0.2) is 0 Å². The predicted octanol–water partition coefficient (Wildman–Crippen LogP) is 1.70. The molecule has 0 aromatic rings. The molecule has 0 radical (unpaired) electrons. The third kappa shape index (κ3) is 2.85. The van der Waals surface area contributed by atoms with E-state index in [9.17, 15) is 4.79 Å². The molecule has 1 atom stereocenters. The Labute approximate surface area is 67.2 Å². The Kier molecular flexibility index (Phi) is 3.30. The van der Waals surface area contributed by atoms with Crippen LogP contribution in [-0.4, -0.2) is 19.0 Å². The topological polar surface area (TPSA) is 26.3 Å². The second-order valence-corrected chi connectivity index (χ2v) is 2.97. The number of carbonyl (C=O) groups excluding carboxylic acids is 1. The zero-order valence-electron chi connectivity index (χ0n) is 6.71. The SMILES string of the molecule is C=C(C=O)CC1CCCCO1. The van der Waals surface area contributed by atoms with E-state index in [0.717, 1.165) is 25.7 Å². The summed E-state index contributed by atoms with van der Waals surface area (Å²) in [6, 6.07) is 0. The monoisotopic (exact) mass is 154 g/mol. The molecule has 0 aliphatic carbocycles. The van der Waals surface area contributed by atoms with Crippen molar-refractivity contribution in [1.82, 2.24) is 0 Å². The molecule has 2 heteroatoms. The molecule has 1 aliphatic rings. The van der Waals surface area contributed by atoms with Gasteiger partial charge in [-0.15, -0.1) is 0 Å². The Morgan fingerprint density at radius 3 is 3.00 bits per heavy atom. The lowest BCUT2D eigenvalue weighted by Crippen LogP contribution is -2.19. The van der Waals surface area contributed by atoms with Gasteiger partial charge in [0, 0.05) is 13.0 Å². The Balaban J connectivity index is 2.24. The van der Waals surface area contributed by atoms with E-state index in [2.05, 4.69) is 6.58 Å². The quantitative estimate of drug-likeness (QED) is 0.457. The van der Waals surface area contributed by atoms with Gasteiger partial charge >= 0.3 is 0 Å². The molecule has 0 aromatic heterocycles. The van der Waals surface area contributed by atoms with Gasteiger partial charge in [0.05, 0.1) is 6.10 Å². The average Bonchev–Trinajstić information content (AvgIpc) is 2.06. The fourth-order valence-electron chi connectivity index (χ4n) is 1.31. The van der Waals surface area contributed by atoms with Crippen LogP contribution in [0.3, 0.4) is 0 Å². The minimum atomic E-state index is 0.251. The summed E-state index contributed by atoms with van der Waals surface area (Å²) in [6.07, 6.45) is 5.23. The molecule has 1 heterocycles. The molecule has 0 bridgehead atoms. The molecule has 1 saturated heterocycles. The number of hydrogen-bond donors (Lipinski definition) is 0. The first-order chi connectivity index (χ1) is 5.33. The highest BCUT2D eigenvalue weighted by molar-refractivity contribution is 5.71. The normalized spacial score (nSPS) is 24.5. The standard InChI is InChI=1S/C9H14O2/c1-8(7-10)6-9-4-2-3-5-11-9/h7,9H,1-6H2. The third-order valence-electron chi connectivity index (χ3n) is 1.93. The number of carbonyl (C=O) groups is 1. The van der Waals surface area contributed by atoms with E-state index >= 15 is 0 Å². The van der Waals surface area contributed by atoms with Gasteiger partial charge in [-0.2, -0.15) is 0 Å². The molecule has 1 rings (SSSR count).